The van der Waals surface area contributed by atoms with Crippen LogP contribution in [0.15, 0.2) is 36.5 Å². The van der Waals surface area contributed by atoms with Crippen molar-refractivity contribution >= 4 is 11.7 Å². The van der Waals surface area contributed by atoms with Gasteiger partial charge in [0.1, 0.15) is 17.5 Å². The molecule has 2 aliphatic heterocycles. The molecule has 1 aromatic heterocycles. The first-order chi connectivity index (χ1) is 15.5. The number of nitrogens with zero attached hydrogens (tertiary/aromatic N) is 3. The summed E-state index contributed by atoms with van der Waals surface area (Å²) in [5, 5.41) is 0. The van der Waals surface area contributed by atoms with Gasteiger partial charge in [0.05, 0.1) is 12.7 Å². The summed E-state index contributed by atoms with van der Waals surface area (Å²) in [6.07, 6.45) is 4.70. The first kappa shape index (κ1) is 22.6. The molecule has 2 fully saturated rings. The Kier molecular flexibility index (Phi) is 7.32. The van der Waals surface area contributed by atoms with Crippen LogP contribution in [-0.4, -0.2) is 53.0 Å². The molecule has 8 heteroatoms. The second-order valence-corrected chi connectivity index (χ2v) is 8.68. The zero-order valence-corrected chi connectivity index (χ0v) is 18.2. The van der Waals surface area contributed by atoms with Gasteiger partial charge in [-0.2, -0.15) is 0 Å². The largest absolute Gasteiger partial charge is 0.384 e. The van der Waals surface area contributed by atoms with E-state index in [2.05, 4.69) is 9.88 Å². The number of hydrogen-bond acceptors (Lipinski definition) is 5. The van der Waals surface area contributed by atoms with E-state index in [1.54, 1.807) is 6.20 Å². The average Bonchev–Trinajstić information content (AvgIpc) is 2.79. The highest BCUT2D eigenvalue weighted by Gasteiger charge is 2.31. The topological polar surface area (TPSA) is 71.7 Å². The van der Waals surface area contributed by atoms with Crippen molar-refractivity contribution in [3.63, 3.8) is 0 Å². The van der Waals surface area contributed by atoms with Gasteiger partial charge >= 0.3 is 0 Å². The Labute approximate surface area is 187 Å². The summed E-state index contributed by atoms with van der Waals surface area (Å²) < 4.78 is 33.3. The minimum Gasteiger partial charge on any atom is -0.384 e. The summed E-state index contributed by atoms with van der Waals surface area (Å²) in [7, 11) is 0. The van der Waals surface area contributed by atoms with E-state index in [9.17, 15) is 13.6 Å². The van der Waals surface area contributed by atoms with E-state index in [1.165, 1.54) is 18.2 Å². The summed E-state index contributed by atoms with van der Waals surface area (Å²) in [6.45, 7) is 3.75. The van der Waals surface area contributed by atoms with Crippen LogP contribution in [0.4, 0.5) is 14.6 Å². The normalized spacial score (nSPS) is 18.8. The summed E-state index contributed by atoms with van der Waals surface area (Å²) in [4.78, 5) is 21.3. The highest BCUT2D eigenvalue weighted by atomic mass is 19.1. The van der Waals surface area contributed by atoms with Gasteiger partial charge in [0, 0.05) is 37.3 Å². The molecule has 0 radical (unpaired) electrons. The van der Waals surface area contributed by atoms with E-state index < -0.39 is 11.6 Å². The van der Waals surface area contributed by atoms with Crippen LogP contribution in [0.25, 0.3) is 0 Å². The molecule has 4 rings (SSSR count). The van der Waals surface area contributed by atoms with Crippen LogP contribution in [-0.2, 0) is 22.7 Å². The van der Waals surface area contributed by atoms with E-state index in [0.29, 0.717) is 31.7 Å². The van der Waals surface area contributed by atoms with E-state index in [1.807, 2.05) is 17.0 Å². The number of aromatic nitrogens is 1. The third-order valence-electron chi connectivity index (χ3n) is 6.47. The van der Waals surface area contributed by atoms with Gasteiger partial charge in [-0.15, -0.1) is 0 Å². The molecule has 0 aliphatic carbocycles. The summed E-state index contributed by atoms with van der Waals surface area (Å²) in [5.41, 5.74) is 6.86. The van der Waals surface area contributed by atoms with Crippen LogP contribution >= 0.6 is 0 Å². The molecular formula is C24H30F2N4O2. The first-order valence-electron chi connectivity index (χ1n) is 11.3. The standard InChI is InChI=1S/C24H30F2N4O2/c25-21-2-1-3-22(26)20(21)16-32-19-7-12-30(13-8-19)24(31)18-5-10-29(11-6-18)15-17-4-9-28-23(27)14-17/h1-4,9,14,18-19H,5-8,10-13,15-16H2,(H2,27,28). The van der Waals surface area contributed by atoms with Crippen LogP contribution in [0.5, 0.6) is 0 Å². The van der Waals surface area contributed by atoms with Crippen LogP contribution < -0.4 is 5.73 Å². The molecule has 1 aromatic carbocycles. The number of anilines is 1. The van der Waals surface area contributed by atoms with Crippen molar-refractivity contribution in [3.05, 3.63) is 59.3 Å². The second-order valence-electron chi connectivity index (χ2n) is 8.68. The van der Waals surface area contributed by atoms with Gasteiger partial charge in [-0.25, -0.2) is 13.8 Å². The average molecular weight is 445 g/mol. The van der Waals surface area contributed by atoms with E-state index in [0.717, 1.165) is 38.0 Å². The number of ether oxygens (including phenoxy) is 1. The highest BCUT2D eigenvalue weighted by Crippen LogP contribution is 2.24. The number of benzene rings is 1. The van der Waals surface area contributed by atoms with Crippen LogP contribution in [0.2, 0.25) is 0 Å². The molecule has 2 N–H and O–H groups in total. The first-order valence-corrected chi connectivity index (χ1v) is 11.3. The number of pyridine rings is 1. The fraction of sp³-hybridized carbons (Fsp3) is 0.500. The van der Waals surface area contributed by atoms with E-state index >= 15 is 0 Å². The number of halogens is 2. The molecule has 2 saturated heterocycles. The zero-order valence-electron chi connectivity index (χ0n) is 18.2. The lowest BCUT2D eigenvalue weighted by Gasteiger charge is -2.37. The molecule has 1 amide bonds. The Balaban J connectivity index is 1.19. The van der Waals surface area contributed by atoms with Crippen LogP contribution in [0.3, 0.4) is 0 Å². The molecule has 32 heavy (non-hydrogen) atoms. The monoisotopic (exact) mass is 444 g/mol. The molecule has 2 aromatic rings. The Morgan fingerprint density at radius 1 is 1.06 bits per heavy atom. The Hall–Kier alpha value is -2.58. The molecule has 0 spiro atoms. The molecule has 3 heterocycles. The van der Waals surface area contributed by atoms with Gasteiger partial charge in [-0.3, -0.25) is 9.69 Å². The Morgan fingerprint density at radius 2 is 1.75 bits per heavy atom. The lowest BCUT2D eigenvalue weighted by molar-refractivity contribution is -0.140. The van der Waals surface area contributed by atoms with Gasteiger partial charge in [0.25, 0.3) is 0 Å². The number of nitrogen functional groups attached to an aromatic ring is 1. The van der Waals surface area contributed by atoms with E-state index in [-0.39, 0.29) is 30.1 Å². The predicted molar refractivity (Wildman–Crippen MR) is 117 cm³/mol. The molecular weight excluding hydrogens is 414 g/mol. The molecule has 6 nitrogen and oxygen atoms in total. The molecule has 172 valence electrons. The molecule has 0 saturated carbocycles. The number of piperidine rings is 2. The van der Waals surface area contributed by atoms with Crippen molar-refractivity contribution in [1.82, 2.24) is 14.8 Å². The van der Waals surface area contributed by atoms with Crippen LogP contribution in [0.1, 0.15) is 36.8 Å². The van der Waals surface area contributed by atoms with Crippen LogP contribution in [0, 0.1) is 17.6 Å². The maximum atomic E-state index is 13.8. The van der Waals surface area contributed by atoms with Crippen molar-refractivity contribution < 1.29 is 18.3 Å². The third kappa shape index (κ3) is 5.61. The van der Waals surface area contributed by atoms with Crippen molar-refractivity contribution in [3.8, 4) is 0 Å². The number of nitrogens with two attached hydrogens (primary N) is 1. The summed E-state index contributed by atoms with van der Waals surface area (Å²) in [6, 6.07) is 7.68. The SMILES string of the molecule is Nc1cc(CN2CCC(C(=O)N3CCC(OCc4c(F)cccc4F)CC3)CC2)ccn1. The Bertz CT molecular complexity index is 906. The summed E-state index contributed by atoms with van der Waals surface area (Å²) >= 11 is 0. The van der Waals surface area contributed by atoms with Crippen molar-refractivity contribution in [2.75, 3.05) is 31.9 Å². The van der Waals surface area contributed by atoms with E-state index in [4.69, 9.17) is 10.5 Å². The number of likely N-dealkylation sites (tertiary alicyclic amines) is 2. The number of carbonyl (C=O) groups excluding carboxylic acids is 1. The zero-order chi connectivity index (χ0) is 22.5. The smallest absolute Gasteiger partial charge is 0.225 e. The third-order valence-corrected chi connectivity index (χ3v) is 6.47. The van der Waals surface area contributed by atoms with Crippen molar-refractivity contribution in [1.29, 1.82) is 0 Å². The van der Waals surface area contributed by atoms with Crippen molar-refractivity contribution in [2.24, 2.45) is 5.92 Å². The van der Waals surface area contributed by atoms with Crippen molar-refractivity contribution in [2.45, 2.75) is 44.9 Å². The maximum Gasteiger partial charge on any atom is 0.225 e. The molecule has 0 bridgehead atoms. The minimum absolute atomic E-state index is 0.0350. The number of rotatable bonds is 6. The number of amides is 1. The van der Waals surface area contributed by atoms with Gasteiger partial charge in [-0.1, -0.05) is 6.07 Å². The Morgan fingerprint density at radius 3 is 2.41 bits per heavy atom. The van der Waals surface area contributed by atoms with Gasteiger partial charge in [-0.05, 0) is 68.6 Å². The predicted octanol–water partition coefficient (Wildman–Crippen LogP) is 3.36. The molecule has 2 aliphatic rings. The number of hydrogen-bond donors (Lipinski definition) is 1. The fourth-order valence-electron chi connectivity index (χ4n) is 4.56. The summed E-state index contributed by atoms with van der Waals surface area (Å²) in [5.74, 6) is -0.373. The highest BCUT2D eigenvalue weighted by molar-refractivity contribution is 5.79. The lowest BCUT2D eigenvalue weighted by Crippen LogP contribution is -2.46. The quantitative estimate of drug-likeness (QED) is 0.740. The van der Waals surface area contributed by atoms with Gasteiger partial charge in [0.15, 0.2) is 0 Å². The molecule has 0 atom stereocenters. The number of carbonyl (C=O) groups is 1. The van der Waals surface area contributed by atoms with Gasteiger partial charge < -0.3 is 15.4 Å². The fourth-order valence-corrected chi connectivity index (χ4v) is 4.56. The second kappa shape index (κ2) is 10.4. The molecule has 0 unspecified atom stereocenters. The lowest BCUT2D eigenvalue weighted by atomic mass is 9.94. The van der Waals surface area contributed by atoms with Gasteiger partial charge in [0.2, 0.25) is 5.91 Å². The minimum atomic E-state index is -0.587. The maximum absolute atomic E-state index is 13.8.